The van der Waals surface area contributed by atoms with Gasteiger partial charge in [0, 0.05) is 23.8 Å². The van der Waals surface area contributed by atoms with E-state index in [2.05, 4.69) is 16.3 Å². The minimum Gasteiger partial charge on any atom is -0.326 e. The second-order valence-corrected chi connectivity index (χ2v) is 6.82. The Morgan fingerprint density at radius 3 is 2.84 bits per heavy atom. The van der Waals surface area contributed by atoms with Gasteiger partial charge in [-0.3, -0.25) is 9.69 Å². The van der Waals surface area contributed by atoms with Crippen LogP contribution >= 0.6 is 11.6 Å². The molecule has 5 heteroatoms. The average molecular weight is 354 g/mol. The molecule has 0 saturated carbocycles. The molecule has 25 heavy (non-hydrogen) atoms. The van der Waals surface area contributed by atoms with Crippen molar-refractivity contribution in [2.45, 2.75) is 19.4 Å². The molecule has 1 fully saturated rings. The summed E-state index contributed by atoms with van der Waals surface area (Å²) in [5.41, 5.74) is 2.43. The number of nitriles is 1. The van der Waals surface area contributed by atoms with Gasteiger partial charge < -0.3 is 5.32 Å². The molecule has 4 nitrogen and oxygen atoms in total. The van der Waals surface area contributed by atoms with Crippen LogP contribution < -0.4 is 5.32 Å². The third kappa shape index (κ3) is 4.82. The van der Waals surface area contributed by atoms with Crippen molar-refractivity contribution in [3.8, 4) is 6.07 Å². The van der Waals surface area contributed by atoms with E-state index in [0.717, 1.165) is 37.5 Å². The monoisotopic (exact) mass is 353 g/mol. The van der Waals surface area contributed by atoms with E-state index in [-0.39, 0.29) is 11.8 Å². The van der Waals surface area contributed by atoms with Crippen molar-refractivity contribution in [1.29, 1.82) is 5.26 Å². The van der Waals surface area contributed by atoms with E-state index >= 15 is 0 Å². The molecular formula is C20H20ClN3O. The van der Waals surface area contributed by atoms with Gasteiger partial charge in [-0.2, -0.15) is 5.26 Å². The topological polar surface area (TPSA) is 56.1 Å². The summed E-state index contributed by atoms with van der Waals surface area (Å²) in [5, 5.41) is 12.6. The number of anilines is 1. The lowest BCUT2D eigenvalue weighted by molar-refractivity contribution is -0.121. The maximum absolute atomic E-state index is 12.6. The van der Waals surface area contributed by atoms with E-state index in [9.17, 15) is 4.79 Å². The Morgan fingerprint density at radius 2 is 2.08 bits per heavy atom. The molecule has 1 N–H and O–H groups in total. The highest BCUT2D eigenvalue weighted by Gasteiger charge is 2.25. The SMILES string of the molecule is N#Cc1cccc(NC(=O)C2CCCN(Cc3ccc(Cl)cc3)C2)c1. The van der Waals surface area contributed by atoms with E-state index in [1.807, 2.05) is 30.3 Å². The fraction of sp³-hybridized carbons (Fsp3) is 0.300. The van der Waals surface area contributed by atoms with Gasteiger partial charge in [0.1, 0.15) is 0 Å². The van der Waals surface area contributed by atoms with Gasteiger partial charge in [-0.15, -0.1) is 0 Å². The predicted molar refractivity (Wildman–Crippen MR) is 99.2 cm³/mol. The summed E-state index contributed by atoms with van der Waals surface area (Å²) >= 11 is 5.93. The standard InChI is InChI=1S/C20H20ClN3O/c21-18-8-6-15(7-9-18)13-24-10-2-4-17(14-24)20(25)23-19-5-1-3-16(11-19)12-22/h1,3,5-9,11,17H,2,4,10,13-14H2,(H,23,25). The lowest BCUT2D eigenvalue weighted by atomic mass is 9.96. The molecule has 1 aliphatic rings. The molecule has 2 aromatic carbocycles. The van der Waals surface area contributed by atoms with E-state index in [4.69, 9.17) is 16.9 Å². The zero-order chi connectivity index (χ0) is 17.6. The van der Waals surface area contributed by atoms with Crippen LogP contribution in [0.5, 0.6) is 0 Å². The number of hydrogen-bond donors (Lipinski definition) is 1. The number of piperidine rings is 1. The summed E-state index contributed by atoms with van der Waals surface area (Å²) in [6.45, 7) is 2.56. The van der Waals surface area contributed by atoms with Crippen LogP contribution in [0, 0.1) is 17.2 Å². The van der Waals surface area contributed by atoms with Crippen molar-refractivity contribution in [1.82, 2.24) is 4.90 Å². The van der Waals surface area contributed by atoms with Gasteiger partial charge in [0.2, 0.25) is 5.91 Å². The van der Waals surface area contributed by atoms with Crippen LogP contribution in [-0.2, 0) is 11.3 Å². The number of halogens is 1. The third-order valence-electron chi connectivity index (χ3n) is 4.45. The van der Waals surface area contributed by atoms with Crippen molar-refractivity contribution < 1.29 is 4.79 Å². The molecule has 2 aromatic rings. The average Bonchev–Trinajstić information content (AvgIpc) is 2.64. The number of likely N-dealkylation sites (tertiary alicyclic amines) is 1. The largest absolute Gasteiger partial charge is 0.326 e. The van der Waals surface area contributed by atoms with Gasteiger partial charge in [0.25, 0.3) is 0 Å². The smallest absolute Gasteiger partial charge is 0.228 e. The Kier molecular flexibility index (Phi) is 5.70. The first-order chi connectivity index (χ1) is 12.1. The van der Waals surface area contributed by atoms with Crippen LogP contribution in [0.2, 0.25) is 5.02 Å². The van der Waals surface area contributed by atoms with Gasteiger partial charge in [-0.1, -0.05) is 29.8 Å². The van der Waals surface area contributed by atoms with Gasteiger partial charge in [-0.05, 0) is 55.3 Å². The number of carbonyl (C=O) groups excluding carboxylic acids is 1. The minimum atomic E-state index is -0.0354. The van der Waals surface area contributed by atoms with E-state index in [1.165, 1.54) is 5.56 Å². The van der Waals surface area contributed by atoms with Crippen LogP contribution in [0.3, 0.4) is 0 Å². The third-order valence-corrected chi connectivity index (χ3v) is 4.71. The molecule has 1 atom stereocenters. The fourth-order valence-corrected chi connectivity index (χ4v) is 3.30. The van der Waals surface area contributed by atoms with Gasteiger partial charge in [0.05, 0.1) is 17.6 Å². The molecule has 0 bridgehead atoms. The number of nitrogens with zero attached hydrogens (tertiary/aromatic N) is 2. The van der Waals surface area contributed by atoms with Crippen molar-refractivity contribution in [2.75, 3.05) is 18.4 Å². The fourth-order valence-electron chi connectivity index (χ4n) is 3.17. The molecule has 0 aliphatic carbocycles. The van der Waals surface area contributed by atoms with Crippen molar-refractivity contribution in [3.63, 3.8) is 0 Å². The number of hydrogen-bond acceptors (Lipinski definition) is 3. The van der Waals surface area contributed by atoms with Gasteiger partial charge >= 0.3 is 0 Å². The number of rotatable bonds is 4. The summed E-state index contributed by atoms with van der Waals surface area (Å²) in [6, 6.07) is 17.0. The molecule has 0 radical (unpaired) electrons. The van der Waals surface area contributed by atoms with E-state index in [1.54, 1.807) is 18.2 Å². The van der Waals surface area contributed by atoms with Gasteiger partial charge in [-0.25, -0.2) is 0 Å². The van der Waals surface area contributed by atoms with Crippen LogP contribution in [-0.4, -0.2) is 23.9 Å². The Labute approximate surface area is 153 Å². The second kappa shape index (κ2) is 8.15. The molecular weight excluding hydrogens is 334 g/mol. The number of benzene rings is 2. The maximum Gasteiger partial charge on any atom is 0.228 e. The first-order valence-corrected chi connectivity index (χ1v) is 8.79. The molecule has 128 valence electrons. The lowest BCUT2D eigenvalue weighted by Gasteiger charge is -2.32. The predicted octanol–water partition coefficient (Wildman–Crippen LogP) is 4.06. The van der Waals surface area contributed by atoms with E-state index in [0.29, 0.717) is 11.3 Å². The lowest BCUT2D eigenvalue weighted by Crippen LogP contribution is -2.40. The number of nitrogens with one attached hydrogen (secondary N) is 1. The summed E-state index contributed by atoms with van der Waals surface area (Å²) < 4.78 is 0. The van der Waals surface area contributed by atoms with Crippen LogP contribution in [0.25, 0.3) is 0 Å². The number of amides is 1. The summed E-state index contributed by atoms with van der Waals surface area (Å²) in [7, 11) is 0. The minimum absolute atomic E-state index is 0.0240. The molecule has 1 amide bonds. The van der Waals surface area contributed by atoms with E-state index < -0.39 is 0 Å². The van der Waals surface area contributed by atoms with Crippen molar-refractivity contribution in [3.05, 3.63) is 64.7 Å². The second-order valence-electron chi connectivity index (χ2n) is 6.38. The molecule has 0 aromatic heterocycles. The Morgan fingerprint density at radius 1 is 1.28 bits per heavy atom. The molecule has 1 aliphatic heterocycles. The first-order valence-electron chi connectivity index (χ1n) is 8.42. The first kappa shape index (κ1) is 17.5. The maximum atomic E-state index is 12.6. The Hall–Kier alpha value is -2.35. The summed E-state index contributed by atoms with van der Waals surface area (Å²) in [5.74, 6) is -0.0114. The van der Waals surface area contributed by atoms with Crippen LogP contribution in [0.1, 0.15) is 24.0 Å². The molecule has 1 saturated heterocycles. The molecule has 0 spiro atoms. The normalized spacial score (nSPS) is 17.7. The van der Waals surface area contributed by atoms with Crippen LogP contribution in [0.4, 0.5) is 5.69 Å². The molecule has 3 rings (SSSR count). The van der Waals surface area contributed by atoms with Crippen molar-refractivity contribution >= 4 is 23.2 Å². The highest BCUT2D eigenvalue weighted by Crippen LogP contribution is 2.21. The molecule has 1 unspecified atom stereocenters. The molecule has 1 heterocycles. The highest BCUT2D eigenvalue weighted by atomic mass is 35.5. The summed E-state index contributed by atoms with van der Waals surface area (Å²) in [4.78, 5) is 14.9. The summed E-state index contributed by atoms with van der Waals surface area (Å²) in [6.07, 6.45) is 1.89. The highest BCUT2D eigenvalue weighted by molar-refractivity contribution is 6.30. The van der Waals surface area contributed by atoms with Crippen LogP contribution in [0.15, 0.2) is 48.5 Å². The zero-order valence-electron chi connectivity index (χ0n) is 13.9. The van der Waals surface area contributed by atoms with Gasteiger partial charge in [0.15, 0.2) is 0 Å². The Balaban J connectivity index is 1.59. The zero-order valence-corrected chi connectivity index (χ0v) is 14.7. The quantitative estimate of drug-likeness (QED) is 0.901. The Bertz CT molecular complexity index is 782. The number of carbonyl (C=O) groups is 1. The van der Waals surface area contributed by atoms with Crippen molar-refractivity contribution in [2.24, 2.45) is 5.92 Å².